The molecule has 0 aliphatic rings. The minimum Gasteiger partial charge on any atom is -0.481 e. The molecule has 0 radical (unpaired) electrons. The number of fused-ring (bicyclic) bond motifs is 1. The summed E-state index contributed by atoms with van der Waals surface area (Å²) in [4.78, 5) is 21.6. The maximum Gasteiger partial charge on any atom is 0.311 e. The van der Waals surface area contributed by atoms with Gasteiger partial charge < -0.3 is 9.52 Å². The van der Waals surface area contributed by atoms with Crippen LogP contribution in [0.5, 0.6) is 0 Å². The molecule has 30 heavy (non-hydrogen) atoms. The van der Waals surface area contributed by atoms with Gasteiger partial charge in [0.15, 0.2) is 5.82 Å². The molecule has 0 aliphatic heterocycles. The van der Waals surface area contributed by atoms with Gasteiger partial charge in [0.05, 0.1) is 17.9 Å². The van der Waals surface area contributed by atoms with Gasteiger partial charge in [-0.3, -0.25) is 4.79 Å². The molecule has 0 bridgehead atoms. The van der Waals surface area contributed by atoms with Crippen molar-refractivity contribution >= 4 is 22.5 Å². The number of aromatic nitrogens is 2. The van der Waals surface area contributed by atoms with Gasteiger partial charge in [0.1, 0.15) is 5.58 Å². The van der Waals surface area contributed by atoms with Gasteiger partial charge in [0.25, 0.3) is 0 Å². The van der Waals surface area contributed by atoms with E-state index in [0.717, 1.165) is 28.5 Å². The first-order valence-corrected chi connectivity index (χ1v) is 10.0. The van der Waals surface area contributed by atoms with Crippen LogP contribution in [0.15, 0.2) is 65.8 Å². The molecule has 2 heterocycles. The van der Waals surface area contributed by atoms with Gasteiger partial charge in [-0.25, -0.2) is 9.97 Å². The summed E-state index contributed by atoms with van der Waals surface area (Å²) in [5.41, 5.74) is 4.52. The van der Waals surface area contributed by atoms with E-state index in [9.17, 15) is 9.90 Å². The van der Waals surface area contributed by atoms with Crippen molar-refractivity contribution in [2.75, 3.05) is 0 Å². The van der Waals surface area contributed by atoms with Crippen molar-refractivity contribution in [1.29, 1.82) is 0 Å². The van der Waals surface area contributed by atoms with E-state index in [2.05, 4.69) is 11.6 Å². The van der Waals surface area contributed by atoms with E-state index < -0.39 is 11.9 Å². The van der Waals surface area contributed by atoms with E-state index in [4.69, 9.17) is 9.40 Å². The summed E-state index contributed by atoms with van der Waals surface area (Å²) in [5.74, 6) is -0.944. The van der Waals surface area contributed by atoms with Gasteiger partial charge >= 0.3 is 5.97 Å². The van der Waals surface area contributed by atoms with Crippen LogP contribution >= 0.6 is 0 Å². The molecule has 3 aromatic rings. The lowest BCUT2D eigenvalue weighted by atomic mass is 9.89. The Morgan fingerprint density at radius 2 is 2.07 bits per heavy atom. The van der Waals surface area contributed by atoms with Crippen LogP contribution in [0, 0.1) is 6.92 Å². The largest absolute Gasteiger partial charge is 0.481 e. The number of rotatable bonds is 8. The van der Waals surface area contributed by atoms with Crippen molar-refractivity contribution in [3.05, 3.63) is 78.5 Å². The van der Waals surface area contributed by atoms with Crippen LogP contribution < -0.4 is 0 Å². The molecule has 0 saturated heterocycles. The van der Waals surface area contributed by atoms with E-state index in [0.29, 0.717) is 29.2 Å². The van der Waals surface area contributed by atoms with Crippen LogP contribution in [-0.4, -0.2) is 21.0 Å². The van der Waals surface area contributed by atoms with Gasteiger partial charge in [-0.2, -0.15) is 0 Å². The average Bonchev–Trinajstić information content (AvgIpc) is 3.19. The van der Waals surface area contributed by atoms with Gasteiger partial charge in [-0.1, -0.05) is 44.2 Å². The lowest BCUT2D eigenvalue weighted by Gasteiger charge is -2.19. The molecule has 1 N–H and O–H groups in total. The number of allylic oxidation sites excluding steroid dienone is 5. The van der Waals surface area contributed by atoms with Gasteiger partial charge in [-0.05, 0) is 50.1 Å². The molecule has 5 nitrogen and oxygen atoms in total. The van der Waals surface area contributed by atoms with E-state index in [1.165, 1.54) is 0 Å². The number of carboxylic acid groups (broad SMARTS) is 1. The van der Waals surface area contributed by atoms with Crippen LogP contribution in [0.3, 0.4) is 0 Å². The molecule has 0 saturated carbocycles. The summed E-state index contributed by atoms with van der Waals surface area (Å²) >= 11 is 0. The molecular formula is C25H26N2O3. The highest BCUT2D eigenvalue weighted by Crippen LogP contribution is 2.35. The standard InChI is InChI=1S/C25H26N2O3/c1-5-7-8-10-16(3)24-26-17(4)22(20(9-6-2)25(28)29)23(27-24)19-11-12-21-18(15-19)13-14-30-21/h5,7-8,10-15,20H,1,6,9H2,2-4H3,(H,28,29)/b8-7-,16-10+. The monoisotopic (exact) mass is 402 g/mol. The van der Waals surface area contributed by atoms with Gasteiger partial charge in [0, 0.05) is 22.2 Å². The highest BCUT2D eigenvalue weighted by atomic mass is 16.4. The minimum absolute atomic E-state index is 0.525. The zero-order chi connectivity index (χ0) is 21.7. The van der Waals surface area contributed by atoms with Gasteiger partial charge in [-0.15, -0.1) is 0 Å². The number of furan rings is 1. The number of hydrogen-bond acceptors (Lipinski definition) is 4. The Bertz CT molecular complexity index is 1140. The van der Waals surface area contributed by atoms with Crippen molar-refractivity contribution in [3.63, 3.8) is 0 Å². The molecule has 0 aliphatic carbocycles. The average molecular weight is 402 g/mol. The third-order valence-electron chi connectivity index (χ3n) is 5.03. The van der Waals surface area contributed by atoms with Crippen molar-refractivity contribution < 1.29 is 14.3 Å². The molecule has 154 valence electrons. The smallest absolute Gasteiger partial charge is 0.311 e. The topological polar surface area (TPSA) is 76.2 Å². The van der Waals surface area contributed by atoms with Crippen molar-refractivity contribution in [3.8, 4) is 11.3 Å². The van der Waals surface area contributed by atoms with E-state index >= 15 is 0 Å². The first-order valence-electron chi connectivity index (χ1n) is 10.0. The molecule has 5 heteroatoms. The maximum absolute atomic E-state index is 12.1. The van der Waals surface area contributed by atoms with Crippen LogP contribution in [0.4, 0.5) is 0 Å². The number of aryl methyl sites for hydroxylation is 1. The fraction of sp³-hybridized carbons (Fsp3) is 0.240. The summed E-state index contributed by atoms with van der Waals surface area (Å²) < 4.78 is 5.45. The molecule has 0 spiro atoms. The third-order valence-corrected chi connectivity index (χ3v) is 5.03. The Morgan fingerprint density at radius 1 is 1.27 bits per heavy atom. The summed E-state index contributed by atoms with van der Waals surface area (Å²) in [5, 5.41) is 10.9. The summed E-state index contributed by atoms with van der Waals surface area (Å²) in [6.07, 6.45) is 10.2. The van der Waals surface area contributed by atoms with Crippen LogP contribution in [0.2, 0.25) is 0 Å². The fourth-order valence-electron chi connectivity index (χ4n) is 3.54. The Labute approximate surface area is 176 Å². The first-order chi connectivity index (χ1) is 14.5. The Morgan fingerprint density at radius 3 is 2.77 bits per heavy atom. The molecule has 1 aromatic carbocycles. The Hall–Kier alpha value is -3.47. The van der Waals surface area contributed by atoms with Crippen LogP contribution in [-0.2, 0) is 4.79 Å². The lowest BCUT2D eigenvalue weighted by Crippen LogP contribution is -2.16. The summed E-state index contributed by atoms with van der Waals surface area (Å²) in [6, 6.07) is 7.67. The highest BCUT2D eigenvalue weighted by molar-refractivity contribution is 5.86. The second-order valence-electron chi connectivity index (χ2n) is 7.22. The minimum atomic E-state index is -0.858. The molecule has 1 unspecified atom stereocenters. The quantitative estimate of drug-likeness (QED) is 0.447. The maximum atomic E-state index is 12.1. The summed E-state index contributed by atoms with van der Waals surface area (Å²) in [6.45, 7) is 9.45. The second kappa shape index (κ2) is 9.35. The van der Waals surface area contributed by atoms with Crippen molar-refractivity contribution in [2.45, 2.75) is 39.5 Å². The molecule has 2 aromatic heterocycles. The van der Waals surface area contributed by atoms with Crippen LogP contribution in [0.25, 0.3) is 27.8 Å². The fourth-order valence-corrected chi connectivity index (χ4v) is 3.54. The number of hydrogen-bond donors (Lipinski definition) is 1. The molecule has 1 atom stereocenters. The number of carbonyl (C=O) groups is 1. The van der Waals surface area contributed by atoms with E-state index in [-0.39, 0.29) is 0 Å². The van der Waals surface area contributed by atoms with Crippen molar-refractivity contribution in [1.82, 2.24) is 9.97 Å². The predicted octanol–water partition coefficient (Wildman–Crippen LogP) is 6.31. The number of nitrogens with zero attached hydrogens (tertiary/aromatic N) is 2. The predicted molar refractivity (Wildman–Crippen MR) is 120 cm³/mol. The molecule has 3 rings (SSSR count). The zero-order valence-corrected chi connectivity index (χ0v) is 17.6. The zero-order valence-electron chi connectivity index (χ0n) is 17.6. The molecular weight excluding hydrogens is 376 g/mol. The number of carboxylic acids is 1. The lowest BCUT2D eigenvalue weighted by molar-refractivity contribution is -0.139. The molecule has 0 amide bonds. The number of benzene rings is 1. The third kappa shape index (κ3) is 4.40. The van der Waals surface area contributed by atoms with Gasteiger partial charge in [0.2, 0.25) is 0 Å². The normalized spacial score (nSPS) is 13.1. The Kier molecular flexibility index (Phi) is 6.62. The van der Waals surface area contributed by atoms with E-state index in [1.807, 2.05) is 63.3 Å². The number of aliphatic carboxylic acids is 1. The highest BCUT2D eigenvalue weighted by Gasteiger charge is 2.27. The first kappa shape index (κ1) is 21.2. The van der Waals surface area contributed by atoms with Crippen molar-refractivity contribution in [2.24, 2.45) is 0 Å². The van der Waals surface area contributed by atoms with Crippen LogP contribution in [0.1, 0.15) is 49.7 Å². The van der Waals surface area contributed by atoms with E-state index in [1.54, 1.807) is 12.3 Å². The SMILES string of the molecule is C=C/C=C\C=C(/C)c1nc(C)c(C(CCC)C(=O)O)c(-c2ccc3occc3c2)n1. The second-order valence-corrected chi connectivity index (χ2v) is 7.22. The molecule has 0 fully saturated rings. The Balaban J connectivity index is 2.25. The summed E-state index contributed by atoms with van der Waals surface area (Å²) in [7, 11) is 0.